The molecule has 0 bridgehead atoms. The number of aromatic amines is 1. The summed E-state index contributed by atoms with van der Waals surface area (Å²) in [5.41, 5.74) is 3.20. The molecule has 2 N–H and O–H groups in total. The van der Waals surface area contributed by atoms with Crippen LogP contribution in [0.4, 0.5) is 0 Å². The van der Waals surface area contributed by atoms with Gasteiger partial charge >= 0.3 is 0 Å². The van der Waals surface area contributed by atoms with Crippen molar-refractivity contribution in [3.8, 4) is 0 Å². The molecule has 0 aliphatic carbocycles. The van der Waals surface area contributed by atoms with Gasteiger partial charge < -0.3 is 10.2 Å². The fraction of sp³-hybridized carbons (Fsp3) is 0.737. The van der Waals surface area contributed by atoms with Crippen LogP contribution in [0.15, 0.2) is 0 Å². The molecule has 0 saturated carbocycles. The van der Waals surface area contributed by atoms with Crippen LogP contribution in [0.5, 0.6) is 0 Å². The third-order valence-electron chi connectivity index (χ3n) is 5.21. The molecule has 0 aromatic carbocycles. The summed E-state index contributed by atoms with van der Waals surface area (Å²) in [5.74, 6) is 0.573. The molecule has 0 spiro atoms. The van der Waals surface area contributed by atoms with Gasteiger partial charge in [0.2, 0.25) is 11.8 Å². The highest BCUT2D eigenvalue weighted by Crippen LogP contribution is 2.14. The molecule has 1 atom stereocenters. The number of rotatable bonds is 8. The third-order valence-corrected chi connectivity index (χ3v) is 5.21. The summed E-state index contributed by atoms with van der Waals surface area (Å²) in [6.45, 7) is 11.3. The van der Waals surface area contributed by atoms with Crippen molar-refractivity contribution in [2.45, 2.75) is 53.0 Å². The fourth-order valence-electron chi connectivity index (χ4n) is 3.34. The van der Waals surface area contributed by atoms with Crippen LogP contribution in [0.2, 0.25) is 0 Å². The highest BCUT2D eigenvalue weighted by molar-refractivity contribution is 5.88. The SMILES string of the molecule is Cc1n[nH]c(C)c1CCN(C)C(=O)CC1C(=O)NCCN1CCC(C)C. The lowest BCUT2D eigenvalue weighted by molar-refractivity contribution is -0.138. The van der Waals surface area contributed by atoms with Crippen molar-refractivity contribution in [2.24, 2.45) is 5.92 Å². The van der Waals surface area contributed by atoms with Gasteiger partial charge in [-0.05, 0) is 44.7 Å². The van der Waals surface area contributed by atoms with E-state index in [9.17, 15) is 9.59 Å². The molecule has 2 rings (SSSR count). The first-order valence-corrected chi connectivity index (χ1v) is 9.55. The standard InChI is InChI=1S/C19H33N5O2/c1-13(2)6-10-24-11-8-20-19(26)17(24)12-18(25)23(5)9-7-16-14(3)21-22-15(16)4/h13,17H,6-12H2,1-5H3,(H,20,26)(H,21,22). The van der Waals surface area contributed by atoms with Crippen LogP contribution >= 0.6 is 0 Å². The van der Waals surface area contributed by atoms with E-state index in [1.165, 1.54) is 5.56 Å². The minimum Gasteiger partial charge on any atom is -0.353 e. The number of nitrogens with zero attached hydrogens (tertiary/aromatic N) is 3. The highest BCUT2D eigenvalue weighted by Gasteiger charge is 2.32. The van der Waals surface area contributed by atoms with Crippen LogP contribution in [-0.2, 0) is 16.0 Å². The van der Waals surface area contributed by atoms with Crippen molar-refractivity contribution < 1.29 is 9.59 Å². The normalized spacial score (nSPS) is 18.2. The molecule has 0 radical (unpaired) electrons. The van der Waals surface area contributed by atoms with Gasteiger partial charge in [0.1, 0.15) is 0 Å². The number of hydrogen-bond acceptors (Lipinski definition) is 4. The van der Waals surface area contributed by atoms with Crippen LogP contribution in [0, 0.1) is 19.8 Å². The van der Waals surface area contributed by atoms with Crippen molar-refractivity contribution >= 4 is 11.8 Å². The Labute approximate surface area is 156 Å². The number of H-pyrrole nitrogens is 1. The fourth-order valence-corrected chi connectivity index (χ4v) is 3.34. The molecule has 7 nitrogen and oxygen atoms in total. The Bertz CT molecular complexity index is 606. The van der Waals surface area contributed by atoms with E-state index >= 15 is 0 Å². The van der Waals surface area contributed by atoms with Gasteiger partial charge in [-0.15, -0.1) is 0 Å². The summed E-state index contributed by atoms with van der Waals surface area (Å²) >= 11 is 0. The number of amides is 2. The zero-order chi connectivity index (χ0) is 19.3. The molecule has 7 heteroatoms. The molecule has 2 amide bonds. The molecule has 146 valence electrons. The van der Waals surface area contributed by atoms with Crippen molar-refractivity contribution in [3.63, 3.8) is 0 Å². The van der Waals surface area contributed by atoms with Crippen LogP contribution < -0.4 is 5.32 Å². The Kier molecular flexibility index (Phi) is 7.20. The number of nitrogens with one attached hydrogen (secondary N) is 2. The number of piperazine rings is 1. The topological polar surface area (TPSA) is 81.3 Å². The summed E-state index contributed by atoms with van der Waals surface area (Å²) in [5, 5.41) is 10.1. The summed E-state index contributed by atoms with van der Waals surface area (Å²) in [6, 6.07) is -0.352. The summed E-state index contributed by atoms with van der Waals surface area (Å²) in [6.07, 6.45) is 2.04. The zero-order valence-corrected chi connectivity index (χ0v) is 16.8. The molecule has 1 aromatic heterocycles. The molecular formula is C19H33N5O2. The van der Waals surface area contributed by atoms with Crippen LogP contribution in [0.3, 0.4) is 0 Å². The smallest absolute Gasteiger partial charge is 0.237 e. The Morgan fingerprint density at radius 1 is 1.38 bits per heavy atom. The number of carbonyl (C=O) groups excluding carboxylic acids is 2. The maximum atomic E-state index is 12.7. The monoisotopic (exact) mass is 363 g/mol. The molecule has 2 heterocycles. The number of aryl methyl sites for hydroxylation is 2. The summed E-state index contributed by atoms with van der Waals surface area (Å²) in [4.78, 5) is 28.9. The van der Waals surface area contributed by atoms with Gasteiger partial charge in [-0.1, -0.05) is 13.8 Å². The van der Waals surface area contributed by atoms with E-state index in [4.69, 9.17) is 0 Å². The van der Waals surface area contributed by atoms with Gasteiger partial charge in [-0.2, -0.15) is 5.10 Å². The predicted octanol–water partition coefficient (Wildman–Crippen LogP) is 1.26. The lowest BCUT2D eigenvalue weighted by Crippen LogP contribution is -2.56. The van der Waals surface area contributed by atoms with Crippen molar-refractivity contribution in [2.75, 3.05) is 33.2 Å². The van der Waals surface area contributed by atoms with Crippen LogP contribution in [0.25, 0.3) is 0 Å². The third kappa shape index (κ3) is 5.30. The van der Waals surface area contributed by atoms with Crippen LogP contribution in [0.1, 0.15) is 43.6 Å². The van der Waals surface area contributed by atoms with Gasteiger partial charge in [0, 0.05) is 32.4 Å². The quantitative estimate of drug-likeness (QED) is 0.729. The Morgan fingerprint density at radius 2 is 2.12 bits per heavy atom. The molecule has 26 heavy (non-hydrogen) atoms. The Balaban J connectivity index is 1.91. The maximum Gasteiger partial charge on any atom is 0.237 e. The number of hydrogen-bond donors (Lipinski definition) is 2. The number of carbonyl (C=O) groups is 2. The molecular weight excluding hydrogens is 330 g/mol. The predicted molar refractivity (Wildman–Crippen MR) is 102 cm³/mol. The molecule has 1 unspecified atom stereocenters. The lowest BCUT2D eigenvalue weighted by atomic mass is 10.0. The Morgan fingerprint density at radius 3 is 2.73 bits per heavy atom. The number of aromatic nitrogens is 2. The van der Waals surface area contributed by atoms with Gasteiger partial charge in [-0.3, -0.25) is 19.6 Å². The first-order valence-electron chi connectivity index (χ1n) is 9.55. The largest absolute Gasteiger partial charge is 0.353 e. The van der Waals surface area contributed by atoms with Gasteiger partial charge in [-0.25, -0.2) is 0 Å². The van der Waals surface area contributed by atoms with Crippen LogP contribution in [-0.4, -0.2) is 71.1 Å². The second kappa shape index (κ2) is 9.16. The minimum atomic E-state index is -0.352. The van der Waals surface area contributed by atoms with Crippen molar-refractivity contribution in [1.29, 1.82) is 0 Å². The van der Waals surface area contributed by atoms with E-state index < -0.39 is 0 Å². The highest BCUT2D eigenvalue weighted by atomic mass is 16.2. The van der Waals surface area contributed by atoms with Crippen molar-refractivity contribution in [1.82, 2.24) is 25.3 Å². The molecule has 1 fully saturated rings. The minimum absolute atomic E-state index is 0.0143. The van der Waals surface area contributed by atoms with Gasteiger partial charge in [0.05, 0.1) is 18.2 Å². The Hall–Kier alpha value is -1.89. The van der Waals surface area contributed by atoms with E-state index in [1.54, 1.807) is 4.90 Å². The van der Waals surface area contributed by atoms with E-state index in [-0.39, 0.29) is 24.3 Å². The first kappa shape index (κ1) is 20.4. The molecule has 1 aromatic rings. The van der Waals surface area contributed by atoms with Crippen molar-refractivity contribution in [3.05, 3.63) is 17.0 Å². The lowest BCUT2D eigenvalue weighted by Gasteiger charge is -2.35. The zero-order valence-electron chi connectivity index (χ0n) is 16.8. The van der Waals surface area contributed by atoms with E-state index in [0.717, 1.165) is 37.3 Å². The second-order valence-corrected chi connectivity index (χ2v) is 7.71. The maximum absolute atomic E-state index is 12.7. The van der Waals surface area contributed by atoms with E-state index in [0.29, 0.717) is 19.0 Å². The number of likely N-dealkylation sites (N-methyl/N-ethyl adjacent to an activating group) is 1. The average molecular weight is 364 g/mol. The van der Waals surface area contributed by atoms with E-state index in [1.807, 2.05) is 20.9 Å². The average Bonchev–Trinajstić information content (AvgIpc) is 2.91. The summed E-state index contributed by atoms with van der Waals surface area (Å²) in [7, 11) is 1.81. The van der Waals surface area contributed by atoms with Gasteiger partial charge in [0.15, 0.2) is 0 Å². The van der Waals surface area contributed by atoms with E-state index in [2.05, 4.69) is 34.3 Å². The molecule has 1 aliphatic rings. The summed E-state index contributed by atoms with van der Waals surface area (Å²) < 4.78 is 0. The van der Waals surface area contributed by atoms with Gasteiger partial charge in [0.25, 0.3) is 0 Å². The first-order chi connectivity index (χ1) is 12.3. The molecule has 1 aliphatic heterocycles. The second-order valence-electron chi connectivity index (χ2n) is 7.71. The molecule has 1 saturated heterocycles.